The van der Waals surface area contributed by atoms with E-state index in [-0.39, 0.29) is 0 Å². The number of fused-ring (bicyclic) bond motifs is 1. The predicted octanol–water partition coefficient (Wildman–Crippen LogP) is 4.14. The second-order valence-corrected chi connectivity index (χ2v) is 9.07. The Morgan fingerprint density at radius 3 is 2.32 bits per heavy atom. The van der Waals surface area contributed by atoms with Gasteiger partial charge in [0.1, 0.15) is 0 Å². The summed E-state index contributed by atoms with van der Waals surface area (Å²) in [5.41, 5.74) is 0. The molecule has 2 fully saturated rings. The Labute approximate surface area is 120 Å². The van der Waals surface area contributed by atoms with E-state index in [0.717, 1.165) is 24.8 Å². The Hall–Kier alpha value is 0.230. The van der Waals surface area contributed by atoms with E-state index in [0.29, 0.717) is 5.25 Å². The summed E-state index contributed by atoms with van der Waals surface area (Å²) < 4.78 is 14.4. The van der Waals surface area contributed by atoms with Gasteiger partial charge < -0.3 is 0 Å². The van der Waals surface area contributed by atoms with Crippen LogP contribution in [0.5, 0.6) is 0 Å². The van der Waals surface area contributed by atoms with Gasteiger partial charge in [-0.15, -0.1) is 10.8 Å². The van der Waals surface area contributed by atoms with Gasteiger partial charge in [0.05, 0.1) is 19.5 Å². The summed E-state index contributed by atoms with van der Waals surface area (Å²) in [6.45, 7) is 6.85. The smallest absolute Gasteiger partial charge is 0.0620 e. The molecule has 0 bridgehead atoms. The van der Waals surface area contributed by atoms with Crippen molar-refractivity contribution >= 4 is 10.8 Å². The molecule has 2 rings (SSSR count). The van der Waals surface area contributed by atoms with Crippen LogP contribution in [-0.2, 0) is 8.37 Å². The number of piperidine rings is 1. The van der Waals surface area contributed by atoms with E-state index in [1.54, 1.807) is 0 Å². The molecular weight excluding hydrogens is 258 g/mol. The number of hydrogen-bond acceptors (Lipinski definition) is 3. The lowest BCUT2D eigenvalue weighted by atomic mass is 9.76. The molecule has 1 saturated heterocycles. The second-order valence-electron chi connectivity index (χ2n) is 6.05. The Morgan fingerprint density at radius 2 is 1.74 bits per heavy atom. The zero-order valence-corrected chi connectivity index (χ0v) is 13.9. The van der Waals surface area contributed by atoms with Gasteiger partial charge in [0.15, 0.2) is 0 Å². The summed E-state index contributed by atoms with van der Waals surface area (Å²) in [7, 11) is 2.14. The summed E-state index contributed by atoms with van der Waals surface area (Å²) in [6.07, 6.45) is 8.17. The summed E-state index contributed by atoms with van der Waals surface area (Å²) in [5, 5.41) is 0.475. The van der Waals surface area contributed by atoms with Crippen LogP contribution in [0.3, 0.4) is 0 Å². The lowest BCUT2D eigenvalue weighted by Crippen LogP contribution is -2.46. The van der Waals surface area contributed by atoms with Crippen LogP contribution >= 0.6 is 10.8 Å². The van der Waals surface area contributed by atoms with Crippen molar-refractivity contribution in [3.63, 3.8) is 0 Å². The fourth-order valence-electron chi connectivity index (χ4n) is 3.87. The minimum Gasteiger partial charge on any atom is -0.273 e. The molecule has 3 nitrogen and oxygen atoms in total. The summed E-state index contributed by atoms with van der Waals surface area (Å²) in [6, 6.07) is 0. The predicted molar refractivity (Wildman–Crippen MR) is 83.0 cm³/mol. The Kier molecular flexibility index (Phi) is 5.58. The molecule has 1 heterocycles. The third-order valence-corrected chi connectivity index (χ3v) is 8.53. The largest absolute Gasteiger partial charge is 0.273 e. The van der Waals surface area contributed by atoms with Gasteiger partial charge in [0, 0.05) is 13.1 Å². The molecule has 1 saturated carbocycles. The van der Waals surface area contributed by atoms with E-state index in [2.05, 4.69) is 18.2 Å². The van der Waals surface area contributed by atoms with Gasteiger partial charge in [-0.25, -0.2) is 4.31 Å². The quantitative estimate of drug-likeness (QED) is 0.759. The van der Waals surface area contributed by atoms with Crippen molar-refractivity contribution < 1.29 is 8.37 Å². The van der Waals surface area contributed by atoms with Crippen molar-refractivity contribution in [2.24, 2.45) is 11.8 Å². The van der Waals surface area contributed by atoms with Crippen LogP contribution in [0.4, 0.5) is 0 Å². The van der Waals surface area contributed by atoms with E-state index < -0.39 is 10.8 Å². The maximum atomic E-state index is 5.95. The highest BCUT2D eigenvalue weighted by atomic mass is 32.3. The van der Waals surface area contributed by atoms with Crippen LogP contribution in [-0.4, -0.2) is 36.9 Å². The maximum Gasteiger partial charge on any atom is 0.0620 e. The van der Waals surface area contributed by atoms with Gasteiger partial charge in [-0.2, -0.15) is 0 Å². The summed E-state index contributed by atoms with van der Waals surface area (Å²) >= 11 is 0. The Morgan fingerprint density at radius 1 is 1.11 bits per heavy atom. The molecule has 3 atom stereocenters. The number of hydrogen-bond donors (Lipinski definition) is 0. The fourth-order valence-corrected chi connectivity index (χ4v) is 6.78. The van der Waals surface area contributed by atoms with Crippen LogP contribution < -0.4 is 0 Å². The average Bonchev–Trinajstić information content (AvgIpc) is 2.48. The molecule has 114 valence electrons. The summed E-state index contributed by atoms with van der Waals surface area (Å²) in [4.78, 5) is 0. The van der Waals surface area contributed by atoms with E-state index in [1.807, 2.05) is 14.2 Å². The molecule has 1 aliphatic heterocycles. The molecule has 0 aromatic carbocycles. The first-order chi connectivity index (χ1) is 9.17. The third kappa shape index (κ3) is 2.97. The van der Waals surface area contributed by atoms with Gasteiger partial charge in [-0.3, -0.25) is 8.37 Å². The van der Waals surface area contributed by atoms with Crippen molar-refractivity contribution in [3.05, 3.63) is 0 Å². The SMILES string of the molecule is CCC(C)S(OC)(OC)N1CCC2CCCCC2C1. The molecule has 0 spiro atoms. The normalized spacial score (nSPS) is 31.8. The van der Waals surface area contributed by atoms with Crippen molar-refractivity contribution in [2.75, 3.05) is 27.3 Å². The molecule has 2 aliphatic rings. The van der Waals surface area contributed by atoms with Crippen LogP contribution in [0.25, 0.3) is 0 Å². The second kappa shape index (κ2) is 6.79. The minimum atomic E-state index is -1.52. The van der Waals surface area contributed by atoms with E-state index >= 15 is 0 Å². The number of nitrogens with zero attached hydrogens (tertiary/aromatic N) is 1. The molecule has 0 aromatic rings. The Bertz CT molecular complexity index is 283. The van der Waals surface area contributed by atoms with Gasteiger partial charge in [0.2, 0.25) is 0 Å². The van der Waals surface area contributed by atoms with Crippen molar-refractivity contribution in [1.82, 2.24) is 4.31 Å². The highest BCUT2D eigenvalue weighted by Gasteiger charge is 2.39. The zero-order chi connectivity index (χ0) is 13.9. The lowest BCUT2D eigenvalue weighted by molar-refractivity contribution is 0.121. The van der Waals surface area contributed by atoms with E-state index in [1.165, 1.54) is 38.6 Å². The highest BCUT2D eigenvalue weighted by molar-refractivity contribution is 8.24. The van der Waals surface area contributed by atoms with Gasteiger partial charge in [0.25, 0.3) is 0 Å². The summed E-state index contributed by atoms with van der Waals surface area (Å²) in [5.74, 6) is 1.84. The molecule has 0 amide bonds. The van der Waals surface area contributed by atoms with E-state index in [4.69, 9.17) is 8.37 Å². The number of rotatable bonds is 5. The van der Waals surface area contributed by atoms with Crippen LogP contribution in [0.1, 0.15) is 52.4 Å². The first kappa shape index (κ1) is 15.6. The molecule has 19 heavy (non-hydrogen) atoms. The van der Waals surface area contributed by atoms with Crippen LogP contribution in [0, 0.1) is 11.8 Å². The van der Waals surface area contributed by atoms with E-state index in [9.17, 15) is 0 Å². The zero-order valence-electron chi connectivity index (χ0n) is 13.1. The van der Waals surface area contributed by atoms with Crippen molar-refractivity contribution in [2.45, 2.75) is 57.6 Å². The van der Waals surface area contributed by atoms with Gasteiger partial charge in [-0.1, -0.05) is 26.2 Å². The molecular formula is C15H31NO2S. The topological polar surface area (TPSA) is 21.7 Å². The molecule has 4 heteroatoms. The average molecular weight is 289 g/mol. The Balaban J connectivity index is 2.10. The van der Waals surface area contributed by atoms with Crippen molar-refractivity contribution in [3.8, 4) is 0 Å². The van der Waals surface area contributed by atoms with Crippen LogP contribution in [0.15, 0.2) is 0 Å². The fraction of sp³-hybridized carbons (Fsp3) is 1.00. The minimum absolute atomic E-state index is 0.475. The van der Waals surface area contributed by atoms with Crippen molar-refractivity contribution in [1.29, 1.82) is 0 Å². The van der Waals surface area contributed by atoms with Gasteiger partial charge >= 0.3 is 0 Å². The van der Waals surface area contributed by atoms with Gasteiger partial charge in [-0.05, 0) is 38.0 Å². The molecule has 0 aromatic heterocycles. The van der Waals surface area contributed by atoms with Crippen LogP contribution in [0.2, 0.25) is 0 Å². The molecule has 3 unspecified atom stereocenters. The maximum absolute atomic E-state index is 5.95. The lowest BCUT2D eigenvalue weighted by Gasteiger charge is -2.56. The first-order valence-electron chi connectivity index (χ1n) is 7.86. The first-order valence-corrected chi connectivity index (χ1v) is 9.36. The molecule has 0 radical (unpaired) electrons. The molecule has 0 N–H and O–H groups in total. The third-order valence-electron chi connectivity index (χ3n) is 5.17. The standard InChI is InChI=1S/C15H31NO2S/c1-5-13(2)19(17-3,18-4)16-11-10-14-8-6-7-9-15(14)12-16/h13-15H,5-12H2,1-4H3. The molecule has 1 aliphatic carbocycles. The monoisotopic (exact) mass is 289 g/mol. The highest BCUT2D eigenvalue weighted by Crippen LogP contribution is 2.59.